The Morgan fingerprint density at radius 2 is 2.25 bits per heavy atom. The molecule has 16 heavy (non-hydrogen) atoms. The van der Waals surface area contributed by atoms with E-state index in [1.165, 1.54) is 5.57 Å². The lowest BCUT2D eigenvalue weighted by Gasteiger charge is -2.13. The number of fused-ring (bicyclic) bond motifs is 1. The van der Waals surface area contributed by atoms with Crippen LogP contribution < -0.4 is 9.47 Å². The predicted molar refractivity (Wildman–Crippen MR) is 61.9 cm³/mol. The summed E-state index contributed by atoms with van der Waals surface area (Å²) < 4.78 is 16.1. The van der Waals surface area contributed by atoms with Crippen LogP contribution in [0.25, 0.3) is 0 Å². The van der Waals surface area contributed by atoms with Crippen molar-refractivity contribution in [1.29, 1.82) is 0 Å². The van der Waals surface area contributed by atoms with Gasteiger partial charge in [-0.2, -0.15) is 0 Å². The summed E-state index contributed by atoms with van der Waals surface area (Å²) in [5, 5.41) is 0. The van der Waals surface area contributed by atoms with Crippen molar-refractivity contribution in [3.8, 4) is 11.5 Å². The van der Waals surface area contributed by atoms with Crippen molar-refractivity contribution < 1.29 is 14.2 Å². The Kier molecular flexibility index (Phi) is 3.47. The molecular weight excluding hydrogens is 204 g/mol. The Labute approximate surface area is 95.6 Å². The lowest BCUT2D eigenvalue weighted by Crippen LogP contribution is -2.04. The number of benzene rings is 1. The average Bonchev–Trinajstić information content (AvgIpc) is 2.49. The van der Waals surface area contributed by atoms with Crippen molar-refractivity contribution >= 4 is 0 Å². The normalized spacial score (nSPS) is 14.5. The Hall–Kier alpha value is -1.48. The smallest absolute Gasteiger partial charge is 0.188 e. The highest BCUT2D eigenvalue weighted by Gasteiger charge is 2.13. The fourth-order valence-electron chi connectivity index (χ4n) is 1.65. The fraction of sp³-hybridized carbons (Fsp3) is 0.385. The Bertz CT molecular complexity index is 396. The Morgan fingerprint density at radius 1 is 1.38 bits per heavy atom. The molecule has 1 aliphatic rings. The van der Waals surface area contributed by atoms with Crippen LogP contribution in [0.5, 0.6) is 11.5 Å². The summed E-state index contributed by atoms with van der Waals surface area (Å²) in [7, 11) is 1.61. The van der Waals surface area contributed by atoms with E-state index in [2.05, 4.69) is 19.1 Å². The van der Waals surface area contributed by atoms with E-state index in [-0.39, 0.29) is 6.79 Å². The molecule has 0 amide bonds. The third-order valence-corrected chi connectivity index (χ3v) is 2.51. The van der Waals surface area contributed by atoms with Gasteiger partial charge in [0.1, 0.15) is 6.61 Å². The number of allylic oxidation sites excluding steroid dienone is 1. The lowest BCUT2D eigenvalue weighted by atomic mass is 10.1. The highest BCUT2D eigenvalue weighted by molar-refractivity contribution is 5.48. The standard InChI is InChI=1S/C13H16O3/c1-10-6-7-11-4-3-5-12(16-9-14-2)13(11)15-8-10/h3-6H,7-9H2,1-2H3. The first kappa shape index (κ1) is 11.0. The van der Waals surface area contributed by atoms with Crippen molar-refractivity contribution in [2.75, 3.05) is 20.5 Å². The van der Waals surface area contributed by atoms with Gasteiger partial charge in [-0.25, -0.2) is 0 Å². The number of ether oxygens (including phenoxy) is 3. The molecule has 1 heterocycles. The fourth-order valence-corrected chi connectivity index (χ4v) is 1.65. The van der Waals surface area contributed by atoms with Crippen LogP contribution in [0.4, 0.5) is 0 Å². The number of para-hydroxylation sites is 1. The Morgan fingerprint density at radius 3 is 3.06 bits per heavy atom. The third-order valence-electron chi connectivity index (χ3n) is 2.51. The monoisotopic (exact) mass is 220 g/mol. The molecule has 1 aromatic carbocycles. The molecule has 0 fully saturated rings. The maximum absolute atomic E-state index is 5.74. The lowest BCUT2D eigenvalue weighted by molar-refractivity contribution is 0.0487. The molecule has 1 aliphatic heterocycles. The summed E-state index contributed by atoms with van der Waals surface area (Å²) >= 11 is 0. The van der Waals surface area contributed by atoms with E-state index >= 15 is 0 Å². The van der Waals surface area contributed by atoms with Gasteiger partial charge in [0.15, 0.2) is 18.3 Å². The largest absolute Gasteiger partial charge is 0.485 e. The van der Waals surface area contributed by atoms with Gasteiger partial charge in [-0.1, -0.05) is 18.2 Å². The van der Waals surface area contributed by atoms with Gasteiger partial charge in [0, 0.05) is 12.7 Å². The van der Waals surface area contributed by atoms with Crippen molar-refractivity contribution in [2.24, 2.45) is 0 Å². The number of rotatable bonds is 3. The van der Waals surface area contributed by atoms with Crippen LogP contribution in [0.2, 0.25) is 0 Å². The van der Waals surface area contributed by atoms with E-state index in [0.717, 1.165) is 23.5 Å². The van der Waals surface area contributed by atoms with E-state index in [9.17, 15) is 0 Å². The summed E-state index contributed by atoms with van der Waals surface area (Å²) in [6.45, 7) is 2.94. The van der Waals surface area contributed by atoms with E-state index in [1.54, 1.807) is 7.11 Å². The maximum atomic E-state index is 5.74. The van der Waals surface area contributed by atoms with Crippen LogP contribution >= 0.6 is 0 Å². The van der Waals surface area contributed by atoms with Crippen LogP contribution in [0.1, 0.15) is 12.5 Å². The van der Waals surface area contributed by atoms with Crippen molar-refractivity contribution in [1.82, 2.24) is 0 Å². The maximum Gasteiger partial charge on any atom is 0.188 e. The highest BCUT2D eigenvalue weighted by atomic mass is 16.7. The molecule has 0 aromatic heterocycles. The zero-order valence-corrected chi connectivity index (χ0v) is 9.66. The molecule has 1 aromatic rings. The number of hydrogen-bond donors (Lipinski definition) is 0. The van der Waals surface area contributed by atoms with Crippen molar-refractivity contribution in [3.05, 3.63) is 35.4 Å². The SMILES string of the molecule is COCOc1cccc2c1OCC(C)=CC2. The second kappa shape index (κ2) is 5.03. The van der Waals surface area contributed by atoms with Gasteiger partial charge in [0.2, 0.25) is 0 Å². The molecule has 3 heteroatoms. The first-order valence-corrected chi connectivity index (χ1v) is 5.33. The number of hydrogen-bond acceptors (Lipinski definition) is 3. The molecule has 0 aliphatic carbocycles. The minimum atomic E-state index is 0.242. The molecule has 0 N–H and O–H groups in total. The summed E-state index contributed by atoms with van der Waals surface area (Å²) in [5.41, 5.74) is 2.40. The second-order valence-corrected chi connectivity index (χ2v) is 3.84. The van der Waals surface area contributed by atoms with Crippen molar-refractivity contribution in [2.45, 2.75) is 13.3 Å². The van der Waals surface area contributed by atoms with E-state index in [4.69, 9.17) is 14.2 Å². The van der Waals surface area contributed by atoms with Gasteiger partial charge < -0.3 is 14.2 Å². The minimum Gasteiger partial charge on any atom is -0.485 e. The van der Waals surface area contributed by atoms with Gasteiger partial charge in [0.05, 0.1) is 0 Å². The molecule has 0 saturated carbocycles. The summed E-state index contributed by atoms with van der Waals surface area (Å²) in [6.07, 6.45) is 3.08. The van der Waals surface area contributed by atoms with Gasteiger partial charge in [-0.15, -0.1) is 0 Å². The highest BCUT2D eigenvalue weighted by Crippen LogP contribution is 2.33. The van der Waals surface area contributed by atoms with Crippen LogP contribution in [0, 0.1) is 0 Å². The first-order valence-electron chi connectivity index (χ1n) is 5.33. The summed E-state index contributed by atoms with van der Waals surface area (Å²) in [4.78, 5) is 0. The molecular formula is C13H16O3. The van der Waals surface area contributed by atoms with E-state index in [1.807, 2.05) is 12.1 Å². The average molecular weight is 220 g/mol. The molecule has 2 rings (SSSR count). The Balaban J connectivity index is 2.25. The minimum absolute atomic E-state index is 0.242. The molecule has 0 bridgehead atoms. The molecule has 3 nitrogen and oxygen atoms in total. The molecule has 0 radical (unpaired) electrons. The van der Waals surface area contributed by atoms with Crippen molar-refractivity contribution in [3.63, 3.8) is 0 Å². The summed E-state index contributed by atoms with van der Waals surface area (Å²) in [5.74, 6) is 1.59. The molecule has 0 saturated heterocycles. The molecule has 86 valence electrons. The summed E-state index contributed by atoms with van der Waals surface area (Å²) in [6, 6.07) is 5.93. The molecule has 0 atom stereocenters. The zero-order valence-electron chi connectivity index (χ0n) is 9.66. The quantitative estimate of drug-likeness (QED) is 0.578. The third kappa shape index (κ3) is 2.36. The van der Waals surface area contributed by atoms with Gasteiger partial charge in [-0.05, 0) is 25.0 Å². The van der Waals surface area contributed by atoms with Crippen LogP contribution in [-0.2, 0) is 11.2 Å². The first-order chi connectivity index (χ1) is 7.81. The van der Waals surface area contributed by atoms with E-state index in [0.29, 0.717) is 6.61 Å². The van der Waals surface area contributed by atoms with Crippen LogP contribution in [0.3, 0.4) is 0 Å². The molecule has 0 unspecified atom stereocenters. The van der Waals surface area contributed by atoms with Crippen LogP contribution in [0.15, 0.2) is 29.8 Å². The topological polar surface area (TPSA) is 27.7 Å². The number of methoxy groups -OCH3 is 1. The predicted octanol–water partition coefficient (Wildman–Crippen LogP) is 2.55. The van der Waals surface area contributed by atoms with Gasteiger partial charge >= 0.3 is 0 Å². The zero-order chi connectivity index (χ0) is 11.4. The van der Waals surface area contributed by atoms with Gasteiger partial charge in [-0.3, -0.25) is 0 Å². The second-order valence-electron chi connectivity index (χ2n) is 3.84. The van der Waals surface area contributed by atoms with Gasteiger partial charge in [0.25, 0.3) is 0 Å². The van der Waals surface area contributed by atoms with Crippen LogP contribution in [-0.4, -0.2) is 20.5 Å². The molecule has 0 spiro atoms. The van der Waals surface area contributed by atoms with E-state index < -0.39 is 0 Å².